The summed E-state index contributed by atoms with van der Waals surface area (Å²) in [6.07, 6.45) is 0. The highest BCUT2D eigenvalue weighted by Gasteiger charge is 2.47. The number of ether oxygens (including phenoxy) is 1. The first-order valence-electron chi connectivity index (χ1n) is 12.0. The van der Waals surface area contributed by atoms with E-state index in [1.807, 2.05) is 43.3 Å². The van der Waals surface area contributed by atoms with Crippen molar-refractivity contribution in [1.82, 2.24) is 0 Å². The van der Waals surface area contributed by atoms with E-state index in [0.717, 1.165) is 24.3 Å². The van der Waals surface area contributed by atoms with Gasteiger partial charge in [0.05, 0.1) is 28.8 Å². The Morgan fingerprint density at radius 2 is 1.54 bits per heavy atom. The number of hydrogen-bond donors (Lipinski definition) is 1. The number of halogens is 2. The molecule has 1 aliphatic heterocycles. The number of anilines is 2. The lowest BCUT2D eigenvalue weighted by Crippen LogP contribution is -2.29. The Bertz CT molecular complexity index is 1340. The van der Waals surface area contributed by atoms with Crippen molar-refractivity contribution in [1.29, 1.82) is 0 Å². The number of methoxy groups -OCH3 is 1. The van der Waals surface area contributed by atoms with Crippen LogP contribution in [0, 0.1) is 6.92 Å². The van der Waals surface area contributed by atoms with E-state index in [9.17, 15) is 14.7 Å². The molecule has 3 aromatic carbocycles. The fourth-order valence-electron chi connectivity index (χ4n) is 4.62. The molecule has 37 heavy (non-hydrogen) atoms. The van der Waals surface area contributed by atoms with Gasteiger partial charge in [-0.15, -0.1) is 0 Å². The van der Waals surface area contributed by atoms with E-state index in [-0.39, 0.29) is 32.7 Å². The topological polar surface area (TPSA) is 70.1 Å². The molecule has 0 saturated carbocycles. The quantitative estimate of drug-likeness (QED) is 0.204. The van der Waals surface area contributed by atoms with Crippen molar-refractivity contribution < 1.29 is 19.4 Å². The van der Waals surface area contributed by atoms with E-state index in [1.165, 1.54) is 24.1 Å². The van der Waals surface area contributed by atoms with Gasteiger partial charge in [-0.25, -0.2) is 0 Å². The third-order valence-corrected chi connectivity index (χ3v) is 7.13. The smallest absolute Gasteiger partial charge is 0.300 e. The zero-order valence-electron chi connectivity index (χ0n) is 21.1. The maximum absolute atomic E-state index is 13.4. The van der Waals surface area contributed by atoms with Crippen LogP contribution in [0.5, 0.6) is 5.75 Å². The number of rotatable bonds is 7. The number of aliphatic hydroxyl groups is 1. The summed E-state index contributed by atoms with van der Waals surface area (Å²) >= 11 is 12.6. The van der Waals surface area contributed by atoms with Gasteiger partial charge in [0.1, 0.15) is 5.76 Å². The van der Waals surface area contributed by atoms with E-state index < -0.39 is 17.7 Å². The molecule has 1 amide bonds. The molecule has 1 aliphatic rings. The fraction of sp³-hybridized carbons (Fsp3) is 0.241. The summed E-state index contributed by atoms with van der Waals surface area (Å²) in [6, 6.07) is 17.1. The summed E-state index contributed by atoms with van der Waals surface area (Å²) in [5.74, 6) is -1.63. The highest BCUT2D eigenvalue weighted by atomic mass is 35.5. The van der Waals surface area contributed by atoms with Crippen molar-refractivity contribution in [3.8, 4) is 5.75 Å². The summed E-state index contributed by atoms with van der Waals surface area (Å²) in [7, 11) is 1.43. The standard InChI is InChI=1S/C29H28Cl2N2O4/c1-5-32(6-2)20-13-9-18(10-14-20)25-24(26(34)19-15-22(30)28(37-4)23(31)16-19)27(35)29(36)33(25)21-11-7-17(3)8-12-21/h7-16,25,34H,5-6H2,1-4H3/b26-24+. The molecule has 6 nitrogen and oxygen atoms in total. The van der Waals surface area contributed by atoms with E-state index >= 15 is 0 Å². The van der Waals surface area contributed by atoms with Gasteiger partial charge < -0.3 is 14.7 Å². The van der Waals surface area contributed by atoms with Crippen molar-refractivity contribution in [2.45, 2.75) is 26.8 Å². The first kappa shape index (κ1) is 26.6. The summed E-state index contributed by atoms with van der Waals surface area (Å²) in [5, 5.41) is 11.7. The molecule has 4 rings (SSSR count). The molecular weight excluding hydrogens is 511 g/mol. The second kappa shape index (κ2) is 10.9. The number of ketones is 1. The predicted octanol–water partition coefficient (Wildman–Crippen LogP) is 6.78. The SMILES string of the molecule is CCN(CC)c1ccc(C2/C(=C(\O)c3cc(Cl)c(OC)c(Cl)c3)C(=O)C(=O)N2c2ccc(C)cc2)cc1. The fourth-order valence-corrected chi connectivity index (χ4v) is 5.26. The van der Waals surface area contributed by atoms with E-state index in [0.29, 0.717) is 11.3 Å². The van der Waals surface area contributed by atoms with Crippen LogP contribution in [0.4, 0.5) is 11.4 Å². The summed E-state index contributed by atoms with van der Waals surface area (Å²) in [4.78, 5) is 30.4. The molecule has 1 saturated heterocycles. The Kier molecular flexibility index (Phi) is 7.81. The molecule has 3 aromatic rings. The van der Waals surface area contributed by atoms with Crippen LogP contribution in [0.15, 0.2) is 66.2 Å². The van der Waals surface area contributed by atoms with Crippen LogP contribution in [0.25, 0.3) is 5.76 Å². The normalized spacial score (nSPS) is 16.8. The van der Waals surface area contributed by atoms with Gasteiger partial charge in [0.15, 0.2) is 5.75 Å². The minimum absolute atomic E-state index is 0.0431. The van der Waals surface area contributed by atoms with Crippen LogP contribution in [-0.4, -0.2) is 37.0 Å². The number of nitrogens with zero attached hydrogens (tertiary/aromatic N) is 2. The number of aryl methyl sites for hydroxylation is 1. The Balaban J connectivity index is 1.92. The molecule has 1 fully saturated rings. The van der Waals surface area contributed by atoms with Gasteiger partial charge in [0, 0.05) is 30.0 Å². The first-order valence-corrected chi connectivity index (χ1v) is 12.7. The number of hydrogen-bond acceptors (Lipinski definition) is 5. The Morgan fingerprint density at radius 1 is 0.973 bits per heavy atom. The Hall–Kier alpha value is -3.48. The maximum atomic E-state index is 13.4. The van der Waals surface area contributed by atoms with Crippen LogP contribution in [0.2, 0.25) is 10.0 Å². The van der Waals surface area contributed by atoms with Crippen LogP contribution in [0.1, 0.15) is 36.6 Å². The molecular formula is C29H28Cl2N2O4. The van der Waals surface area contributed by atoms with Gasteiger partial charge in [-0.1, -0.05) is 53.0 Å². The maximum Gasteiger partial charge on any atom is 0.300 e. The number of Topliss-reactive ketones (excluding diaryl/α,β-unsaturated/α-hetero) is 1. The van der Waals surface area contributed by atoms with Crippen molar-refractivity contribution in [3.63, 3.8) is 0 Å². The molecule has 0 aliphatic carbocycles. The summed E-state index contributed by atoms with van der Waals surface area (Å²) in [5.41, 5.74) is 3.44. The van der Waals surface area contributed by atoms with Crippen molar-refractivity contribution in [3.05, 3.63) is 93.0 Å². The highest BCUT2D eigenvalue weighted by molar-refractivity contribution is 6.51. The van der Waals surface area contributed by atoms with Gasteiger partial charge in [-0.3, -0.25) is 14.5 Å². The molecule has 1 atom stereocenters. The number of aliphatic hydroxyl groups excluding tert-OH is 1. The van der Waals surface area contributed by atoms with Crippen molar-refractivity contribution >= 4 is 52.0 Å². The molecule has 1 heterocycles. The number of carbonyl (C=O) groups is 2. The van der Waals surface area contributed by atoms with Crippen molar-refractivity contribution in [2.24, 2.45) is 0 Å². The predicted molar refractivity (Wildman–Crippen MR) is 149 cm³/mol. The van der Waals surface area contributed by atoms with E-state index in [4.69, 9.17) is 27.9 Å². The summed E-state index contributed by atoms with van der Waals surface area (Å²) < 4.78 is 5.20. The molecule has 0 spiro atoms. The van der Waals surface area contributed by atoms with Gasteiger partial charge in [-0.2, -0.15) is 0 Å². The monoisotopic (exact) mass is 538 g/mol. The molecule has 0 radical (unpaired) electrons. The first-order chi connectivity index (χ1) is 17.7. The summed E-state index contributed by atoms with van der Waals surface area (Å²) in [6.45, 7) is 7.79. The van der Waals surface area contributed by atoms with Crippen LogP contribution >= 0.6 is 23.2 Å². The highest BCUT2D eigenvalue weighted by Crippen LogP contribution is 2.44. The van der Waals surface area contributed by atoms with Crippen LogP contribution < -0.4 is 14.5 Å². The molecule has 0 aromatic heterocycles. The Morgan fingerprint density at radius 3 is 2.05 bits per heavy atom. The van der Waals surface area contributed by atoms with Crippen LogP contribution in [0.3, 0.4) is 0 Å². The lowest BCUT2D eigenvalue weighted by Gasteiger charge is -2.27. The third-order valence-electron chi connectivity index (χ3n) is 6.57. The van der Waals surface area contributed by atoms with E-state index in [2.05, 4.69) is 18.7 Å². The zero-order chi connectivity index (χ0) is 26.9. The molecule has 192 valence electrons. The second-order valence-electron chi connectivity index (χ2n) is 8.74. The van der Waals surface area contributed by atoms with Crippen LogP contribution in [-0.2, 0) is 9.59 Å². The lowest BCUT2D eigenvalue weighted by molar-refractivity contribution is -0.132. The minimum atomic E-state index is -0.854. The molecule has 1 N–H and O–H groups in total. The van der Waals surface area contributed by atoms with Gasteiger partial charge >= 0.3 is 0 Å². The molecule has 8 heteroatoms. The zero-order valence-corrected chi connectivity index (χ0v) is 22.6. The average molecular weight is 539 g/mol. The number of benzene rings is 3. The third kappa shape index (κ3) is 4.91. The average Bonchev–Trinajstić information content (AvgIpc) is 3.15. The van der Waals surface area contributed by atoms with Gasteiger partial charge in [0.25, 0.3) is 11.7 Å². The molecule has 1 unspecified atom stereocenters. The Labute approximate surface area is 226 Å². The lowest BCUT2D eigenvalue weighted by atomic mass is 9.94. The van der Waals surface area contributed by atoms with E-state index in [1.54, 1.807) is 12.1 Å². The van der Waals surface area contributed by atoms with Gasteiger partial charge in [0.2, 0.25) is 0 Å². The number of amides is 1. The minimum Gasteiger partial charge on any atom is -0.507 e. The number of carbonyl (C=O) groups excluding carboxylic acids is 2. The van der Waals surface area contributed by atoms with Gasteiger partial charge in [-0.05, 0) is 62.7 Å². The largest absolute Gasteiger partial charge is 0.507 e. The molecule has 0 bridgehead atoms. The van der Waals surface area contributed by atoms with Crippen molar-refractivity contribution in [2.75, 3.05) is 30.0 Å². The second-order valence-corrected chi connectivity index (χ2v) is 9.56.